The number of rotatable bonds is 7. The molecular formula is C22H25N3O. The van der Waals surface area contributed by atoms with Gasteiger partial charge >= 0.3 is 0 Å². The Hall–Kier alpha value is -2.72. The lowest BCUT2D eigenvalue weighted by molar-refractivity contribution is 0.297. The van der Waals surface area contributed by atoms with Gasteiger partial charge in [0.1, 0.15) is 12.4 Å². The molecule has 0 aliphatic carbocycles. The molecule has 0 bridgehead atoms. The molecule has 26 heavy (non-hydrogen) atoms. The number of aryl methyl sites for hydroxylation is 3. The van der Waals surface area contributed by atoms with Crippen LogP contribution in [0.3, 0.4) is 0 Å². The highest BCUT2D eigenvalue weighted by molar-refractivity contribution is 5.43. The van der Waals surface area contributed by atoms with Crippen molar-refractivity contribution in [2.24, 2.45) is 0 Å². The second-order valence-electron chi connectivity index (χ2n) is 6.54. The molecule has 0 aliphatic rings. The van der Waals surface area contributed by atoms with Crippen molar-refractivity contribution in [1.29, 1.82) is 0 Å². The number of nitrogens with zero attached hydrogens (tertiary/aromatic N) is 2. The summed E-state index contributed by atoms with van der Waals surface area (Å²) < 4.78 is 6.01. The number of pyridine rings is 2. The van der Waals surface area contributed by atoms with Crippen LogP contribution in [-0.4, -0.2) is 9.97 Å². The number of ether oxygens (including phenoxy) is 1. The second-order valence-corrected chi connectivity index (χ2v) is 6.54. The minimum Gasteiger partial charge on any atom is -0.487 e. The van der Waals surface area contributed by atoms with Gasteiger partial charge in [0.25, 0.3) is 0 Å². The lowest BCUT2D eigenvalue weighted by Gasteiger charge is -2.14. The predicted molar refractivity (Wildman–Crippen MR) is 104 cm³/mol. The van der Waals surface area contributed by atoms with Gasteiger partial charge in [-0.2, -0.15) is 0 Å². The van der Waals surface area contributed by atoms with E-state index in [1.54, 1.807) is 6.20 Å². The fraction of sp³-hybridized carbons (Fsp3) is 0.273. The zero-order chi connectivity index (χ0) is 18.4. The van der Waals surface area contributed by atoms with Gasteiger partial charge in [-0.1, -0.05) is 24.3 Å². The van der Waals surface area contributed by atoms with E-state index in [9.17, 15) is 0 Å². The molecular weight excluding hydrogens is 322 g/mol. The molecule has 0 unspecified atom stereocenters. The molecule has 134 valence electrons. The largest absolute Gasteiger partial charge is 0.487 e. The molecule has 3 rings (SSSR count). The maximum atomic E-state index is 6.01. The highest BCUT2D eigenvalue weighted by Crippen LogP contribution is 2.25. The van der Waals surface area contributed by atoms with Crippen molar-refractivity contribution in [3.05, 3.63) is 88.5 Å². The Bertz CT molecular complexity index is 839. The van der Waals surface area contributed by atoms with E-state index in [1.165, 1.54) is 11.1 Å². The van der Waals surface area contributed by atoms with E-state index in [2.05, 4.69) is 54.3 Å². The summed E-state index contributed by atoms with van der Waals surface area (Å²) in [7, 11) is 0. The molecule has 1 N–H and O–H groups in total. The van der Waals surface area contributed by atoms with Crippen LogP contribution >= 0.6 is 0 Å². The van der Waals surface area contributed by atoms with E-state index in [1.807, 2.05) is 30.5 Å². The molecule has 0 spiro atoms. The summed E-state index contributed by atoms with van der Waals surface area (Å²) in [5.74, 6) is 0.944. The van der Waals surface area contributed by atoms with Gasteiger partial charge in [0.05, 0.1) is 11.4 Å². The van der Waals surface area contributed by atoms with E-state index >= 15 is 0 Å². The summed E-state index contributed by atoms with van der Waals surface area (Å²) in [5, 5.41) is 3.48. The molecule has 0 atom stereocenters. The summed E-state index contributed by atoms with van der Waals surface area (Å²) in [6.45, 7) is 8.33. The Kier molecular flexibility index (Phi) is 5.97. The van der Waals surface area contributed by atoms with Gasteiger partial charge in [0.2, 0.25) is 0 Å². The van der Waals surface area contributed by atoms with E-state index in [0.717, 1.165) is 41.4 Å². The van der Waals surface area contributed by atoms with Gasteiger partial charge in [-0.3, -0.25) is 9.97 Å². The number of benzene rings is 1. The first-order valence-electron chi connectivity index (χ1n) is 8.87. The average Bonchev–Trinajstić information content (AvgIpc) is 2.63. The van der Waals surface area contributed by atoms with Crippen molar-refractivity contribution >= 4 is 0 Å². The fourth-order valence-electron chi connectivity index (χ4n) is 3.03. The molecule has 0 radical (unpaired) electrons. The number of hydrogen-bond donors (Lipinski definition) is 1. The Morgan fingerprint density at radius 1 is 0.846 bits per heavy atom. The van der Waals surface area contributed by atoms with Crippen LogP contribution in [-0.2, 0) is 19.7 Å². The SMILES string of the molecule is Cc1cccnc1CNCc1cc(C)c(OCc2ccccn2)c(C)c1. The fourth-order valence-corrected chi connectivity index (χ4v) is 3.03. The van der Waals surface area contributed by atoms with Crippen LogP contribution in [0.5, 0.6) is 5.75 Å². The topological polar surface area (TPSA) is 47.0 Å². The van der Waals surface area contributed by atoms with Crippen molar-refractivity contribution in [3.63, 3.8) is 0 Å². The van der Waals surface area contributed by atoms with Crippen LogP contribution in [0.25, 0.3) is 0 Å². The zero-order valence-electron chi connectivity index (χ0n) is 15.6. The first kappa shape index (κ1) is 18.1. The minimum atomic E-state index is 0.485. The zero-order valence-corrected chi connectivity index (χ0v) is 15.6. The van der Waals surface area contributed by atoms with Crippen molar-refractivity contribution in [1.82, 2.24) is 15.3 Å². The maximum Gasteiger partial charge on any atom is 0.130 e. The molecule has 4 heteroatoms. The lowest BCUT2D eigenvalue weighted by Crippen LogP contribution is -2.15. The Morgan fingerprint density at radius 2 is 1.62 bits per heavy atom. The summed E-state index contributed by atoms with van der Waals surface area (Å²) in [5.41, 5.74) is 6.78. The molecule has 0 saturated carbocycles. The molecule has 4 nitrogen and oxygen atoms in total. The molecule has 0 aliphatic heterocycles. The van der Waals surface area contributed by atoms with Gasteiger partial charge < -0.3 is 10.1 Å². The summed E-state index contributed by atoms with van der Waals surface area (Å²) in [6.07, 6.45) is 3.63. The van der Waals surface area contributed by atoms with Crippen LogP contribution in [0.4, 0.5) is 0 Å². The van der Waals surface area contributed by atoms with E-state index in [4.69, 9.17) is 4.74 Å². The summed E-state index contributed by atoms with van der Waals surface area (Å²) in [6, 6.07) is 14.3. The number of nitrogens with one attached hydrogen (secondary N) is 1. The van der Waals surface area contributed by atoms with Crippen LogP contribution in [0.2, 0.25) is 0 Å². The summed E-state index contributed by atoms with van der Waals surface area (Å²) >= 11 is 0. The molecule has 0 amide bonds. The normalized spacial score (nSPS) is 10.7. The molecule has 2 aromatic heterocycles. The van der Waals surface area contributed by atoms with Gasteiger partial charge in [0.15, 0.2) is 0 Å². The second kappa shape index (κ2) is 8.59. The van der Waals surface area contributed by atoms with E-state index < -0.39 is 0 Å². The third-order valence-electron chi connectivity index (χ3n) is 4.35. The van der Waals surface area contributed by atoms with Gasteiger partial charge in [0, 0.05) is 25.5 Å². The van der Waals surface area contributed by atoms with Crippen molar-refractivity contribution in [2.45, 2.75) is 40.5 Å². The van der Waals surface area contributed by atoms with Crippen molar-refractivity contribution in [2.75, 3.05) is 0 Å². The third kappa shape index (κ3) is 4.67. The highest BCUT2D eigenvalue weighted by Gasteiger charge is 2.08. The average molecular weight is 347 g/mol. The van der Waals surface area contributed by atoms with Crippen LogP contribution in [0.15, 0.2) is 54.9 Å². The molecule has 1 aromatic carbocycles. The lowest BCUT2D eigenvalue weighted by atomic mass is 10.1. The van der Waals surface area contributed by atoms with E-state index in [0.29, 0.717) is 6.61 Å². The molecule has 0 fully saturated rings. The summed E-state index contributed by atoms with van der Waals surface area (Å²) in [4.78, 5) is 8.73. The minimum absolute atomic E-state index is 0.485. The van der Waals surface area contributed by atoms with Crippen LogP contribution in [0, 0.1) is 20.8 Å². The smallest absolute Gasteiger partial charge is 0.130 e. The maximum absolute atomic E-state index is 6.01. The Morgan fingerprint density at radius 3 is 2.31 bits per heavy atom. The van der Waals surface area contributed by atoms with Crippen LogP contribution in [0.1, 0.15) is 33.6 Å². The molecule has 0 saturated heterocycles. The highest BCUT2D eigenvalue weighted by atomic mass is 16.5. The van der Waals surface area contributed by atoms with Gasteiger partial charge in [-0.25, -0.2) is 0 Å². The number of hydrogen-bond acceptors (Lipinski definition) is 4. The Balaban J connectivity index is 1.60. The Labute approximate surface area is 155 Å². The predicted octanol–water partition coefficient (Wildman–Crippen LogP) is 4.27. The van der Waals surface area contributed by atoms with Gasteiger partial charge in [-0.15, -0.1) is 0 Å². The monoisotopic (exact) mass is 347 g/mol. The molecule has 2 heterocycles. The third-order valence-corrected chi connectivity index (χ3v) is 4.35. The first-order chi connectivity index (χ1) is 12.6. The standard InChI is InChI=1S/C22H25N3O/c1-16-7-6-10-25-21(16)14-23-13-19-11-17(2)22(18(3)12-19)26-15-20-8-4-5-9-24-20/h4-12,23H,13-15H2,1-3H3. The first-order valence-corrected chi connectivity index (χ1v) is 8.87. The molecule has 3 aromatic rings. The van der Waals surface area contributed by atoms with Crippen LogP contribution < -0.4 is 10.1 Å². The van der Waals surface area contributed by atoms with Crippen molar-refractivity contribution in [3.8, 4) is 5.75 Å². The van der Waals surface area contributed by atoms with Crippen molar-refractivity contribution < 1.29 is 4.74 Å². The van der Waals surface area contributed by atoms with E-state index in [-0.39, 0.29) is 0 Å². The quantitative estimate of drug-likeness (QED) is 0.693. The van der Waals surface area contributed by atoms with Gasteiger partial charge in [-0.05, 0) is 61.2 Å². The number of aromatic nitrogens is 2.